The van der Waals surface area contributed by atoms with Crippen LogP contribution in [0.15, 0.2) is 65.6 Å². The maximum atomic E-state index is 13.5. The number of nitro benzene ring substituents is 1. The topological polar surface area (TPSA) is 89.7 Å². The molecule has 3 aromatic rings. The number of hydrogen-bond donors (Lipinski definition) is 0. The molecule has 1 aromatic heterocycles. The number of aryl methyl sites for hydroxylation is 1. The third kappa shape index (κ3) is 5.05. The Kier molecular flexibility index (Phi) is 6.86. The number of nitro groups is 1. The molecule has 0 aliphatic heterocycles. The minimum atomic E-state index is -3.95. The summed E-state index contributed by atoms with van der Waals surface area (Å²) in [7, 11) is -2.65. The van der Waals surface area contributed by atoms with Gasteiger partial charge in [-0.2, -0.15) is 4.31 Å². The molecule has 0 N–H and O–H groups in total. The highest BCUT2D eigenvalue weighted by Gasteiger charge is 2.29. The van der Waals surface area contributed by atoms with Crippen LogP contribution in [0.4, 0.5) is 5.69 Å². The van der Waals surface area contributed by atoms with Gasteiger partial charge in [-0.05, 0) is 37.1 Å². The van der Waals surface area contributed by atoms with Crippen LogP contribution in [0.5, 0.6) is 5.75 Å². The first-order valence-corrected chi connectivity index (χ1v) is 11.5. The van der Waals surface area contributed by atoms with Crippen LogP contribution < -0.4 is 4.74 Å². The van der Waals surface area contributed by atoms with Crippen molar-refractivity contribution in [3.63, 3.8) is 0 Å². The zero-order chi connectivity index (χ0) is 21.7. The summed E-state index contributed by atoms with van der Waals surface area (Å²) >= 11 is 1.54. The summed E-state index contributed by atoms with van der Waals surface area (Å²) in [6, 6.07) is 17.1. The van der Waals surface area contributed by atoms with Crippen LogP contribution in [0.1, 0.15) is 15.3 Å². The van der Waals surface area contributed by atoms with Crippen LogP contribution in [0.25, 0.3) is 0 Å². The van der Waals surface area contributed by atoms with Gasteiger partial charge in [0.15, 0.2) is 0 Å². The lowest BCUT2D eigenvalue weighted by molar-refractivity contribution is -0.385. The standard InChI is InChI=1S/C21H22N2O5S2/c1-16-8-10-19(29-16)15-22(13-12-17-6-4-3-5-7-17)30(26,27)21-11-9-18(23(24)25)14-20(21)28-2/h3-11,14H,12-13,15H2,1-2H3. The first-order valence-electron chi connectivity index (χ1n) is 9.23. The first kappa shape index (κ1) is 21.9. The third-order valence-corrected chi connectivity index (χ3v) is 7.47. The van der Waals surface area contributed by atoms with E-state index in [4.69, 9.17) is 4.74 Å². The van der Waals surface area contributed by atoms with E-state index in [2.05, 4.69) is 0 Å². The van der Waals surface area contributed by atoms with E-state index in [9.17, 15) is 18.5 Å². The summed E-state index contributed by atoms with van der Waals surface area (Å²) in [5.74, 6) is -0.0451. The maximum absolute atomic E-state index is 13.5. The fourth-order valence-electron chi connectivity index (χ4n) is 3.05. The molecule has 1 heterocycles. The number of non-ortho nitro benzene ring substituents is 1. The zero-order valence-electron chi connectivity index (χ0n) is 16.6. The van der Waals surface area contributed by atoms with E-state index in [-0.39, 0.29) is 29.4 Å². The van der Waals surface area contributed by atoms with Gasteiger partial charge in [0, 0.05) is 28.9 Å². The average molecular weight is 447 g/mol. The molecule has 0 aliphatic rings. The summed E-state index contributed by atoms with van der Waals surface area (Å²) in [6.45, 7) is 2.45. The normalized spacial score (nSPS) is 11.6. The highest BCUT2D eigenvalue weighted by molar-refractivity contribution is 7.89. The van der Waals surface area contributed by atoms with Gasteiger partial charge in [0.2, 0.25) is 10.0 Å². The second kappa shape index (κ2) is 9.38. The van der Waals surface area contributed by atoms with Gasteiger partial charge < -0.3 is 4.74 Å². The van der Waals surface area contributed by atoms with Gasteiger partial charge in [-0.15, -0.1) is 11.3 Å². The summed E-state index contributed by atoms with van der Waals surface area (Å²) in [5.41, 5.74) is 0.797. The van der Waals surface area contributed by atoms with Crippen molar-refractivity contribution in [3.05, 3.63) is 86.1 Å². The molecule has 3 rings (SSSR count). The molecule has 30 heavy (non-hydrogen) atoms. The van der Waals surface area contributed by atoms with Crippen molar-refractivity contribution < 1.29 is 18.1 Å². The number of methoxy groups -OCH3 is 1. The highest BCUT2D eigenvalue weighted by atomic mass is 32.2. The summed E-state index contributed by atoms with van der Waals surface area (Å²) < 4.78 is 33.6. The van der Waals surface area contributed by atoms with Crippen LogP contribution in [0, 0.1) is 17.0 Å². The summed E-state index contributed by atoms with van der Waals surface area (Å²) in [6.07, 6.45) is 0.541. The van der Waals surface area contributed by atoms with Crippen molar-refractivity contribution >= 4 is 27.0 Å². The Morgan fingerprint density at radius 1 is 1.10 bits per heavy atom. The predicted octanol–water partition coefficient (Wildman–Crippen LogP) is 4.41. The SMILES string of the molecule is COc1cc([N+](=O)[O-])ccc1S(=O)(=O)N(CCc1ccccc1)Cc1ccc(C)s1. The van der Waals surface area contributed by atoms with E-state index in [1.807, 2.05) is 49.4 Å². The predicted molar refractivity (Wildman–Crippen MR) is 116 cm³/mol. The Morgan fingerprint density at radius 2 is 1.83 bits per heavy atom. The minimum absolute atomic E-state index is 0.0451. The van der Waals surface area contributed by atoms with Gasteiger partial charge in [0.05, 0.1) is 18.1 Å². The van der Waals surface area contributed by atoms with Gasteiger partial charge in [-0.3, -0.25) is 10.1 Å². The molecule has 0 unspecified atom stereocenters. The van der Waals surface area contributed by atoms with Gasteiger partial charge in [0.25, 0.3) is 5.69 Å². The Bertz CT molecular complexity index is 1130. The quantitative estimate of drug-likeness (QED) is 0.359. The zero-order valence-corrected chi connectivity index (χ0v) is 18.3. The smallest absolute Gasteiger partial charge is 0.273 e. The van der Waals surface area contributed by atoms with E-state index in [0.717, 1.165) is 21.4 Å². The molecule has 7 nitrogen and oxygen atoms in total. The molecule has 0 spiro atoms. The highest BCUT2D eigenvalue weighted by Crippen LogP contribution is 2.32. The molecule has 9 heteroatoms. The Labute approximate surface area is 179 Å². The molecule has 0 atom stereocenters. The largest absolute Gasteiger partial charge is 0.495 e. The maximum Gasteiger partial charge on any atom is 0.273 e. The van der Waals surface area contributed by atoms with Crippen LogP contribution in [-0.2, 0) is 23.0 Å². The third-order valence-electron chi connectivity index (χ3n) is 4.60. The Balaban J connectivity index is 1.96. The fourth-order valence-corrected chi connectivity index (χ4v) is 5.59. The molecule has 0 bridgehead atoms. The second-order valence-electron chi connectivity index (χ2n) is 6.68. The molecule has 0 saturated carbocycles. The molecule has 2 aromatic carbocycles. The van der Waals surface area contributed by atoms with Gasteiger partial charge in [-0.1, -0.05) is 30.3 Å². The number of thiophene rings is 1. The van der Waals surface area contributed by atoms with Crippen molar-refractivity contribution in [3.8, 4) is 5.75 Å². The lowest BCUT2D eigenvalue weighted by Crippen LogP contribution is -2.32. The van der Waals surface area contributed by atoms with Crippen LogP contribution >= 0.6 is 11.3 Å². The molecule has 0 fully saturated rings. The number of benzene rings is 2. The van der Waals surface area contributed by atoms with Crippen molar-refractivity contribution in [1.82, 2.24) is 4.31 Å². The Hall–Kier alpha value is -2.75. The number of nitrogens with zero attached hydrogens (tertiary/aromatic N) is 2. The molecule has 0 radical (unpaired) electrons. The lowest BCUT2D eigenvalue weighted by Gasteiger charge is -2.23. The van der Waals surface area contributed by atoms with Crippen LogP contribution in [0.2, 0.25) is 0 Å². The van der Waals surface area contributed by atoms with E-state index in [0.29, 0.717) is 6.42 Å². The average Bonchev–Trinajstić information content (AvgIpc) is 3.15. The van der Waals surface area contributed by atoms with E-state index in [1.165, 1.54) is 34.9 Å². The molecule has 158 valence electrons. The van der Waals surface area contributed by atoms with Crippen molar-refractivity contribution in [1.29, 1.82) is 0 Å². The minimum Gasteiger partial charge on any atom is -0.495 e. The van der Waals surface area contributed by atoms with Crippen LogP contribution in [0.3, 0.4) is 0 Å². The second-order valence-corrected chi connectivity index (χ2v) is 9.96. The van der Waals surface area contributed by atoms with E-state index in [1.54, 1.807) is 0 Å². The lowest BCUT2D eigenvalue weighted by atomic mass is 10.1. The van der Waals surface area contributed by atoms with E-state index < -0.39 is 14.9 Å². The summed E-state index contributed by atoms with van der Waals surface area (Å²) in [4.78, 5) is 12.4. The number of ether oxygens (including phenoxy) is 1. The molecule has 0 saturated heterocycles. The Morgan fingerprint density at radius 3 is 2.43 bits per heavy atom. The van der Waals surface area contributed by atoms with Crippen molar-refractivity contribution in [2.24, 2.45) is 0 Å². The first-order chi connectivity index (χ1) is 14.3. The van der Waals surface area contributed by atoms with Crippen molar-refractivity contribution in [2.75, 3.05) is 13.7 Å². The molecule has 0 amide bonds. The van der Waals surface area contributed by atoms with E-state index >= 15 is 0 Å². The van der Waals surface area contributed by atoms with Crippen LogP contribution in [-0.4, -0.2) is 31.3 Å². The molecule has 0 aliphatic carbocycles. The number of sulfonamides is 1. The number of rotatable bonds is 9. The monoisotopic (exact) mass is 446 g/mol. The number of hydrogen-bond acceptors (Lipinski definition) is 6. The van der Waals surface area contributed by atoms with Crippen molar-refractivity contribution in [2.45, 2.75) is 24.8 Å². The fraction of sp³-hybridized carbons (Fsp3) is 0.238. The molecular weight excluding hydrogens is 424 g/mol. The van der Waals surface area contributed by atoms with Gasteiger partial charge in [-0.25, -0.2) is 8.42 Å². The van der Waals surface area contributed by atoms with Gasteiger partial charge >= 0.3 is 0 Å². The van der Waals surface area contributed by atoms with Gasteiger partial charge in [0.1, 0.15) is 10.6 Å². The summed E-state index contributed by atoms with van der Waals surface area (Å²) in [5, 5.41) is 11.1. The molecular formula is C21H22N2O5S2.